The number of pyridine rings is 1. The monoisotopic (exact) mass is 628 g/mol. The minimum absolute atomic E-state index is 0.0711. The van der Waals surface area contributed by atoms with Crippen molar-refractivity contribution in [3.8, 4) is 11.1 Å². The lowest BCUT2D eigenvalue weighted by atomic mass is 9.85. The third kappa shape index (κ3) is 8.26. The number of nitrogens with one attached hydrogen (secondary N) is 2. The highest BCUT2D eigenvalue weighted by Gasteiger charge is 2.30. The van der Waals surface area contributed by atoms with Crippen LogP contribution in [0.25, 0.3) is 11.1 Å². The van der Waals surface area contributed by atoms with Gasteiger partial charge in [0.25, 0.3) is 0 Å². The van der Waals surface area contributed by atoms with Crippen molar-refractivity contribution in [2.75, 3.05) is 24.6 Å². The average molecular weight is 629 g/mol. The fourth-order valence-electron chi connectivity index (χ4n) is 5.58. The highest BCUT2D eigenvalue weighted by Crippen LogP contribution is 2.27. The second kappa shape index (κ2) is 13.2. The summed E-state index contributed by atoms with van der Waals surface area (Å²) in [4.78, 5) is 19.6. The molecule has 0 bridgehead atoms. The lowest BCUT2D eigenvalue weighted by Gasteiger charge is -2.29. The number of aromatic nitrogens is 1. The van der Waals surface area contributed by atoms with Crippen molar-refractivity contribution < 1.29 is 26.0 Å². The van der Waals surface area contributed by atoms with E-state index in [4.69, 9.17) is 0 Å². The number of sulfone groups is 1. The second-order valence-corrected chi connectivity index (χ2v) is 15.5. The average Bonchev–Trinajstić information content (AvgIpc) is 2.99. The van der Waals surface area contributed by atoms with E-state index in [1.54, 1.807) is 42.6 Å². The van der Waals surface area contributed by atoms with Crippen molar-refractivity contribution in [2.24, 2.45) is 5.92 Å². The third-order valence-corrected chi connectivity index (χ3v) is 11.4. The molecular formula is C31H37FN4O5S2. The van der Waals surface area contributed by atoms with E-state index in [-0.39, 0.29) is 46.1 Å². The van der Waals surface area contributed by atoms with Crippen molar-refractivity contribution >= 4 is 25.8 Å². The third-order valence-electron chi connectivity index (χ3n) is 8.29. The molecule has 43 heavy (non-hydrogen) atoms. The van der Waals surface area contributed by atoms with Gasteiger partial charge in [-0.15, -0.1) is 0 Å². The Morgan fingerprint density at radius 3 is 2.19 bits per heavy atom. The normalized spacial score (nSPS) is 21.6. The lowest BCUT2D eigenvalue weighted by Crippen LogP contribution is -2.41. The Labute approximate surface area is 252 Å². The van der Waals surface area contributed by atoms with E-state index in [0.29, 0.717) is 45.3 Å². The molecule has 1 saturated heterocycles. The molecular weight excluding hydrogens is 591 g/mol. The largest absolute Gasteiger partial charge is 0.349 e. The van der Waals surface area contributed by atoms with E-state index in [9.17, 15) is 26.0 Å². The Kier molecular flexibility index (Phi) is 9.60. The zero-order chi connectivity index (χ0) is 30.6. The van der Waals surface area contributed by atoms with Crippen LogP contribution in [0.4, 0.5) is 4.39 Å². The first kappa shape index (κ1) is 31.2. The maximum Gasteiger partial charge on any atom is 0.240 e. The fraction of sp³-hybridized carbons (Fsp3) is 0.419. The molecule has 1 atom stereocenters. The molecule has 1 aliphatic carbocycles. The van der Waals surface area contributed by atoms with Crippen LogP contribution in [0.5, 0.6) is 0 Å². The number of hydrogen-bond donors (Lipinski definition) is 2. The molecule has 1 amide bonds. The summed E-state index contributed by atoms with van der Waals surface area (Å²) in [7, 11) is -6.66. The molecule has 1 aromatic heterocycles. The summed E-state index contributed by atoms with van der Waals surface area (Å²) in [6.45, 7) is 3.45. The van der Waals surface area contributed by atoms with Crippen LogP contribution in [-0.4, -0.2) is 63.3 Å². The Balaban J connectivity index is 1.10. The summed E-state index contributed by atoms with van der Waals surface area (Å²) in [5.41, 5.74) is 3.36. The zero-order valence-corrected chi connectivity index (χ0v) is 25.7. The number of hydrogen-bond acceptors (Lipinski definition) is 7. The van der Waals surface area contributed by atoms with Gasteiger partial charge in [0.2, 0.25) is 15.9 Å². The standard InChI is InChI=1S/C31H37FN4O5S2/c1-22(23-2-9-27(32)10-3-23)34-31(37)25-4-11-28(12-5-25)35-43(40,41)30-14-7-24(8-15-30)26-6-13-29(33-20-26)21-36-16-18-42(38,39)19-17-36/h2-3,6-10,13-15,20,22,25,28,35H,4-5,11-12,16-19,21H2,1H3,(H,34,37)/t22-,25-,28-/m1/s1. The first-order chi connectivity index (χ1) is 20.5. The molecule has 2 aromatic carbocycles. The summed E-state index contributed by atoms with van der Waals surface area (Å²) in [6.07, 6.45) is 4.02. The molecule has 230 valence electrons. The van der Waals surface area contributed by atoms with Crippen LogP contribution in [0.15, 0.2) is 71.8 Å². The number of carbonyl (C=O) groups is 1. The molecule has 12 heteroatoms. The SMILES string of the molecule is C[C@@H](NC(=O)[C@H]1CC[C@H](NS(=O)(=O)c2ccc(-c3ccc(CN4CCS(=O)(=O)CC4)nc3)cc2)CC1)c1ccc(F)cc1. The van der Waals surface area contributed by atoms with E-state index >= 15 is 0 Å². The Hall–Kier alpha value is -3.19. The molecule has 3 aromatic rings. The summed E-state index contributed by atoms with van der Waals surface area (Å²) in [5, 5.41) is 2.99. The minimum Gasteiger partial charge on any atom is -0.349 e. The maximum atomic E-state index is 13.2. The summed E-state index contributed by atoms with van der Waals surface area (Å²) in [5.74, 6) is -0.244. The molecule has 0 radical (unpaired) electrons. The Bertz CT molecular complexity index is 1610. The molecule has 1 saturated carbocycles. The van der Waals surface area contributed by atoms with Gasteiger partial charge < -0.3 is 5.32 Å². The van der Waals surface area contributed by atoms with Gasteiger partial charge in [0.15, 0.2) is 9.84 Å². The highest BCUT2D eigenvalue weighted by molar-refractivity contribution is 7.91. The summed E-state index contributed by atoms with van der Waals surface area (Å²) in [6, 6.07) is 16.1. The van der Waals surface area contributed by atoms with Crippen LogP contribution in [0.3, 0.4) is 0 Å². The van der Waals surface area contributed by atoms with Gasteiger partial charge in [0.05, 0.1) is 28.1 Å². The lowest BCUT2D eigenvalue weighted by molar-refractivity contribution is -0.126. The number of halogens is 1. The molecule has 0 spiro atoms. The molecule has 2 N–H and O–H groups in total. The van der Waals surface area contributed by atoms with Gasteiger partial charge >= 0.3 is 0 Å². The van der Waals surface area contributed by atoms with Crippen molar-refractivity contribution in [3.05, 3.63) is 83.9 Å². The van der Waals surface area contributed by atoms with Crippen molar-refractivity contribution in [1.82, 2.24) is 19.9 Å². The number of carbonyl (C=O) groups excluding carboxylic acids is 1. The zero-order valence-electron chi connectivity index (χ0n) is 24.1. The van der Waals surface area contributed by atoms with Crippen LogP contribution in [0, 0.1) is 11.7 Å². The van der Waals surface area contributed by atoms with Crippen molar-refractivity contribution in [2.45, 2.75) is 56.1 Å². The van der Waals surface area contributed by atoms with E-state index < -0.39 is 19.9 Å². The van der Waals surface area contributed by atoms with Gasteiger partial charge in [-0.3, -0.25) is 14.7 Å². The number of rotatable bonds is 9. The number of benzene rings is 2. The summed E-state index contributed by atoms with van der Waals surface area (Å²) < 4.78 is 65.5. The first-order valence-corrected chi connectivity index (χ1v) is 17.8. The molecule has 9 nitrogen and oxygen atoms in total. The van der Waals surface area contributed by atoms with Crippen LogP contribution in [0.2, 0.25) is 0 Å². The predicted octanol–water partition coefficient (Wildman–Crippen LogP) is 3.83. The number of nitrogens with zero attached hydrogens (tertiary/aromatic N) is 2. The first-order valence-electron chi connectivity index (χ1n) is 14.5. The predicted molar refractivity (Wildman–Crippen MR) is 163 cm³/mol. The molecule has 2 fully saturated rings. The van der Waals surface area contributed by atoms with Crippen molar-refractivity contribution in [1.29, 1.82) is 0 Å². The second-order valence-electron chi connectivity index (χ2n) is 11.4. The van der Waals surface area contributed by atoms with Crippen LogP contribution in [0.1, 0.15) is 49.9 Å². The van der Waals surface area contributed by atoms with Gasteiger partial charge in [-0.25, -0.2) is 25.9 Å². The quantitative estimate of drug-likeness (QED) is 0.369. The van der Waals surface area contributed by atoms with Gasteiger partial charge in [-0.05, 0) is 74.1 Å². The molecule has 5 rings (SSSR count). The van der Waals surface area contributed by atoms with Gasteiger partial charge in [0, 0.05) is 43.4 Å². The number of sulfonamides is 1. The molecule has 1 aliphatic heterocycles. The Morgan fingerprint density at radius 1 is 0.953 bits per heavy atom. The van der Waals surface area contributed by atoms with Crippen molar-refractivity contribution in [3.63, 3.8) is 0 Å². The smallest absolute Gasteiger partial charge is 0.240 e. The van der Waals surface area contributed by atoms with Crippen LogP contribution >= 0.6 is 0 Å². The molecule has 0 unspecified atom stereocenters. The van der Waals surface area contributed by atoms with Crippen LogP contribution < -0.4 is 10.0 Å². The van der Waals surface area contributed by atoms with E-state index in [0.717, 1.165) is 22.4 Å². The fourth-order valence-corrected chi connectivity index (χ4v) is 8.16. The molecule has 2 heterocycles. The summed E-state index contributed by atoms with van der Waals surface area (Å²) >= 11 is 0. The van der Waals surface area contributed by atoms with Crippen LogP contribution in [-0.2, 0) is 31.2 Å². The minimum atomic E-state index is -3.73. The van der Waals surface area contributed by atoms with Gasteiger partial charge in [-0.1, -0.05) is 30.3 Å². The maximum absolute atomic E-state index is 13.2. The number of amides is 1. The van der Waals surface area contributed by atoms with E-state index in [1.807, 2.05) is 19.1 Å². The van der Waals surface area contributed by atoms with E-state index in [1.165, 1.54) is 12.1 Å². The molecule has 2 aliphatic rings. The van der Waals surface area contributed by atoms with Gasteiger partial charge in [-0.2, -0.15) is 0 Å². The van der Waals surface area contributed by atoms with Gasteiger partial charge in [0.1, 0.15) is 5.82 Å². The Morgan fingerprint density at radius 2 is 1.58 bits per heavy atom. The topological polar surface area (TPSA) is 126 Å². The van der Waals surface area contributed by atoms with E-state index in [2.05, 4.69) is 19.9 Å². The highest BCUT2D eigenvalue weighted by atomic mass is 32.2.